The Hall–Kier alpha value is -0.0400. The number of aliphatic hydroxyl groups excluding tert-OH is 1. The highest BCUT2D eigenvalue weighted by atomic mass is 16.3. The lowest BCUT2D eigenvalue weighted by Crippen LogP contribution is -1.99. The van der Waals surface area contributed by atoms with Crippen molar-refractivity contribution in [1.29, 1.82) is 0 Å². The van der Waals surface area contributed by atoms with Crippen molar-refractivity contribution in [3.8, 4) is 0 Å². The first-order valence-corrected chi connectivity index (χ1v) is 9.31. The molecule has 1 heteroatoms. The van der Waals surface area contributed by atoms with Crippen LogP contribution in [0.5, 0.6) is 0 Å². The molecule has 0 saturated heterocycles. The summed E-state index contributed by atoms with van der Waals surface area (Å²) in [4.78, 5) is 0. The van der Waals surface area contributed by atoms with E-state index in [4.69, 9.17) is 5.11 Å². The largest absolute Gasteiger partial charge is 0.396 e. The Bertz CT molecular complexity index is 179. The molecule has 0 aliphatic heterocycles. The summed E-state index contributed by atoms with van der Waals surface area (Å²) in [6.45, 7) is 7.22. The maximum atomic E-state index is 8.96. The van der Waals surface area contributed by atoms with Crippen LogP contribution in [0.15, 0.2) is 0 Å². The number of hydrogen-bond acceptors (Lipinski definition) is 1. The first-order valence-electron chi connectivity index (χ1n) is 9.31. The molecule has 0 heterocycles. The van der Waals surface area contributed by atoms with E-state index < -0.39 is 0 Å². The van der Waals surface area contributed by atoms with Gasteiger partial charge in [0, 0.05) is 6.61 Å². The second-order valence-electron chi connectivity index (χ2n) is 6.94. The van der Waals surface area contributed by atoms with Gasteiger partial charge in [0.15, 0.2) is 0 Å². The van der Waals surface area contributed by atoms with Gasteiger partial charge in [-0.1, -0.05) is 97.8 Å². The molecule has 0 aromatic rings. The molecule has 122 valence electrons. The van der Waals surface area contributed by atoms with Crippen molar-refractivity contribution in [2.75, 3.05) is 6.61 Å². The van der Waals surface area contributed by atoms with Crippen LogP contribution in [0.4, 0.5) is 0 Å². The molecule has 1 nitrogen and oxygen atoms in total. The summed E-state index contributed by atoms with van der Waals surface area (Å²) in [5, 5.41) is 8.96. The molecule has 0 aromatic heterocycles. The van der Waals surface area contributed by atoms with Gasteiger partial charge in [-0.15, -0.1) is 0 Å². The van der Waals surface area contributed by atoms with Gasteiger partial charge in [0.25, 0.3) is 0 Å². The highest BCUT2D eigenvalue weighted by Gasteiger charge is 2.02. The minimum Gasteiger partial charge on any atom is -0.396 e. The van der Waals surface area contributed by atoms with Crippen LogP contribution in [0.1, 0.15) is 104 Å². The van der Waals surface area contributed by atoms with Gasteiger partial charge >= 0.3 is 0 Å². The van der Waals surface area contributed by atoms with Crippen LogP contribution in [0, 0.1) is 11.8 Å². The van der Waals surface area contributed by atoms with Gasteiger partial charge in [-0.3, -0.25) is 0 Å². The molecule has 0 saturated carbocycles. The standard InChI is InChI=1S/C19H40O/c1-4-5-6-8-11-14-18(2)15-12-9-7-10-13-16-19(3)17-20/h18-20H,4-17H2,1-3H3. The molecule has 0 aliphatic carbocycles. The van der Waals surface area contributed by atoms with Crippen LogP contribution in [-0.4, -0.2) is 11.7 Å². The lowest BCUT2D eigenvalue weighted by atomic mass is 9.95. The van der Waals surface area contributed by atoms with E-state index in [1.165, 1.54) is 83.5 Å². The molecule has 0 rings (SSSR count). The maximum Gasteiger partial charge on any atom is 0.0456 e. The van der Waals surface area contributed by atoms with Crippen LogP contribution >= 0.6 is 0 Å². The fourth-order valence-electron chi connectivity index (χ4n) is 2.85. The lowest BCUT2D eigenvalue weighted by Gasteiger charge is -2.11. The second-order valence-corrected chi connectivity index (χ2v) is 6.94. The first kappa shape index (κ1) is 20.0. The average Bonchev–Trinajstić information content (AvgIpc) is 2.45. The Morgan fingerprint density at radius 3 is 1.45 bits per heavy atom. The molecule has 1 N–H and O–H groups in total. The highest BCUT2D eigenvalue weighted by Crippen LogP contribution is 2.18. The zero-order valence-corrected chi connectivity index (χ0v) is 14.5. The van der Waals surface area contributed by atoms with Crippen molar-refractivity contribution in [3.05, 3.63) is 0 Å². The minimum absolute atomic E-state index is 0.357. The molecular formula is C19H40O. The van der Waals surface area contributed by atoms with E-state index in [-0.39, 0.29) is 0 Å². The van der Waals surface area contributed by atoms with Gasteiger partial charge < -0.3 is 5.11 Å². The van der Waals surface area contributed by atoms with Gasteiger partial charge in [-0.25, -0.2) is 0 Å². The SMILES string of the molecule is CCCCCCCC(C)CCCCCCCC(C)CO. The smallest absolute Gasteiger partial charge is 0.0456 e. The summed E-state index contributed by atoms with van der Waals surface area (Å²) in [5.74, 6) is 1.44. The number of aliphatic hydroxyl groups is 1. The predicted octanol–water partition coefficient (Wildman–Crippen LogP) is 6.34. The summed E-state index contributed by atoms with van der Waals surface area (Å²) < 4.78 is 0. The summed E-state index contributed by atoms with van der Waals surface area (Å²) in [7, 11) is 0. The average molecular weight is 285 g/mol. The second kappa shape index (κ2) is 15.4. The monoisotopic (exact) mass is 284 g/mol. The van der Waals surface area contributed by atoms with Gasteiger partial charge in [0.1, 0.15) is 0 Å². The van der Waals surface area contributed by atoms with Crippen LogP contribution in [0.25, 0.3) is 0 Å². The van der Waals surface area contributed by atoms with Gasteiger partial charge in [0.05, 0.1) is 0 Å². The Labute approximate surface area is 128 Å². The third-order valence-electron chi connectivity index (χ3n) is 4.51. The van der Waals surface area contributed by atoms with E-state index in [1.54, 1.807) is 0 Å². The van der Waals surface area contributed by atoms with Crippen molar-refractivity contribution >= 4 is 0 Å². The summed E-state index contributed by atoms with van der Waals surface area (Å²) >= 11 is 0. The number of rotatable bonds is 15. The van der Waals surface area contributed by atoms with E-state index in [0.29, 0.717) is 12.5 Å². The molecule has 0 fully saturated rings. The minimum atomic E-state index is 0.357. The fourth-order valence-corrected chi connectivity index (χ4v) is 2.85. The van der Waals surface area contributed by atoms with Crippen LogP contribution in [0.3, 0.4) is 0 Å². The summed E-state index contributed by atoms with van der Waals surface area (Å²) in [6.07, 6.45) is 18.1. The van der Waals surface area contributed by atoms with E-state index in [2.05, 4.69) is 20.8 Å². The van der Waals surface area contributed by atoms with Gasteiger partial charge in [-0.05, 0) is 18.3 Å². The molecular weight excluding hydrogens is 244 g/mol. The predicted molar refractivity (Wildman–Crippen MR) is 91.1 cm³/mol. The topological polar surface area (TPSA) is 20.2 Å². The van der Waals surface area contributed by atoms with Crippen LogP contribution in [0.2, 0.25) is 0 Å². The van der Waals surface area contributed by atoms with Crippen molar-refractivity contribution in [1.82, 2.24) is 0 Å². The molecule has 2 atom stereocenters. The van der Waals surface area contributed by atoms with Crippen LogP contribution in [-0.2, 0) is 0 Å². The van der Waals surface area contributed by atoms with Crippen LogP contribution < -0.4 is 0 Å². The third-order valence-corrected chi connectivity index (χ3v) is 4.51. The Kier molecular flexibility index (Phi) is 15.3. The van der Waals surface area contributed by atoms with Crippen molar-refractivity contribution in [2.45, 2.75) is 104 Å². The molecule has 0 amide bonds. The zero-order chi connectivity index (χ0) is 15.1. The Balaban J connectivity index is 3.17. The molecule has 20 heavy (non-hydrogen) atoms. The fraction of sp³-hybridized carbons (Fsp3) is 1.00. The molecule has 0 radical (unpaired) electrons. The first-order chi connectivity index (χ1) is 9.70. The van der Waals surface area contributed by atoms with Crippen molar-refractivity contribution < 1.29 is 5.11 Å². The molecule has 0 aromatic carbocycles. The third kappa shape index (κ3) is 14.4. The summed E-state index contributed by atoms with van der Waals surface area (Å²) in [5.41, 5.74) is 0. The van der Waals surface area contributed by atoms with E-state index in [1.807, 2.05) is 0 Å². The summed E-state index contributed by atoms with van der Waals surface area (Å²) in [6, 6.07) is 0. The van der Waals surface area contributed by atoms with E-state index in [9.17, 15) is 0 Å². The van der Waals surface area contributed by atoms with E-state index >= 15 is 0 Å². The lowest BCUT2D eigenvalue weighted by molar-refractivity contribution is 0.227. The van der Waals surface area contributed by atoms with E-state index in [0.717, 1.165) is 5.92 Å². The van der Waals surface area contributed by atoms with Gasteiger partial charge in [0.2, 0.25) is 0 Å². The normalized spacial score (nSPS) is 14.4. The zero-order valence-electron chi connectivity index (χ0n) is 14.5. The Morgan fingerprint density at radius 1 is 0.600 bits per heavy atom. The Morgan fingerprint density at radius 2 is 1.00 bits per heavy atom. The van der Waals surface area contributed by atoms with Crippen molar-refractivity contribution in [3.63, 3.8) is 0 Å². The van der Waals surface area contributed by atoms with Gasteiger partial charge in [-0.2, -0.15) is 0 Å². The molecule has 0 spiro atoms. The molecule has 0 aliphatic rings. The quantitative estimate of drug-likeness (QED) is 0.348. The number of hydrogen-bond donors (Lipinski definition) is 1. The molecule has 2 unspecified atom stereocenters. The maximum absolute atomic E-state index is 8.96. The van der Waals surface area contributed by atoms with Crippen molar-refractivity contribution in [2.24, 2.45) is 11.8 Å². The highest BCUT2D eigenvalue weighted by molar-refractivity contribution is 4.56. The number of unbranched alkanes of at least 4 members (excludes halogenated alkanes) is 8. The molecule has 0 bridgehead atoms.